The van der Waals surface area contributed by atoms with Gasteiger partial charge in [-0.1, -0.05) is 11.6 Å². The van der Waals surface area contributed by atoms with Crippen LogP contribution in [-0.2, 0) is 10.0 Å². The highest BCUT2D eigenvalue weighted by molar-refractivity contribution is 7.92. The normalized spacial score (nSPS) is 11.8. The van der Waals surface area contributed by atoms with E-state index in [0.717, 1.165) is 36.4 Å². The van der Waals surface area contributed by atoms with E-state index >= 15 is 0 Å². The summed E-state index contributed by atoms with van der Waals surface area (Å²) in [6.07, 6.45) is -4.90. The topological polar surface area (TPSA) is 98.5 Å². The molecule has 7 nitrogen and oxygen atoms in total. The van der Waals surface area contributed by atoms with Crippen LogP contribution in [0.2, 0.25) is 5.02 Å². The van der Waals surface area contributed by atoms with E-state index < -0.39 is 32.7 Å². The number of alkyl halides is 3. The first kappa shape index (κ1) is 18.8. The zero-order chi connectivity index (χ0) is 18.8. The molecule has 0 aromatic heterocycles. The fourth-order valence-corrected chi connectivity index (χ4v) is 2.99. The number of halogens is 4. The van der Waals surface area contributed by atoms with Crippen LogP contribution >= 0.6 is 11.6 Å². The molecule has 2 aromatic rings. The number of benzene rings is 2. The third kappa shape index (κ3) is 4.97. The smallest absolute Gasteiger partial charge is 0.406 e. The molecule has 12 heteroatoms. The number of hydrogen-bond donors (Lipinski definition) is 1. The lowest BCUT2D eigenvalue weighted by molar-refractivity contribution is -0.384. The van der Waals surface area contributed by atoms with Crippen LogP contribution < -0.4 is 9.46 Å². The first-order valence-electron chi connectivity index (χ1n) is 6.30. The van der Waals surface area contributed by atoms with Crippen molar-refractivity contribution < 1.29 is 31.2 Å². The summed E-state index contributed by atoms with van der Waals surface area (Å²) in [6.45, 7) is 0. The Hall–Kier alpha value is -2.53. The minimum absolute atomic E-state index is 0.133. The highest BCUT2D eigenvalue weighted by Gasteiger charge is 2.31. The van der Waals surface area contributed by atoms with Crippen molar-refractivity contribution in [3.8, 4) is 5.75 Å². The summed E-state index contributed by atoms with van der Waals surface area (Å²) in [4.78, 5) is 9.65. The van der Waals surface area contributed by atoms with Crippen LogP contribution in [0.5, 0.6) is 5.75 Å². The zero-order valence-corrected chi connectivity index (χ0v) is 13.5. The van der Waals surface area contributed by atoms with Gasteiger partial charge in [0.1, 0.15) is 10.8 Å². The lowest BCUT2D eigenvalue weighted by Gasteiger charge is -2.11. The van der Waals surface area contributed by atoms with Gasteiger partial charge >= 0.3 is 6.36 Å². The maximum atomic E-state index is 12.2. The Balaban J connectivity index is 2.25. The summed E-state index contributed by atoms with van der Waals surface area (Å²) in [6, 6.07) is 6.70. The SMILES string of the molecule is O=[N+]([O-])c1cc(NS(=O)(=O)c2ccc(OC(F)(F)F)cc2)ccc1Cl. The monoisotopic (exact) mass is 396 g/mol. The molecule has 0 aliphatic carbocycles. The highest BCUT2D eigenvalue weighted by Crippen LogP contribution is 2.29. The van der Waals surface area contributed by atoms with E-state index in [1.807, 2.05) is 0 Å². The van der Waals surface area contributed by atoms with Crippen molar-refractivity contribution in [2.75, 3.05) is 4.72 Å². The summed E-state index contributed by atoms with van der Waals surface area (Å²) in [7, 11) is -4.18. The number of nitro groups is 1. The maximum Gasteiger partial charge on any atom is 0.573 e. The Labute approximate surface area is 144 Å². The van der Waals surface area contributed by atoms with E-state index in [1.165, 1.54) is 6.07 Å². The molecule has 2 rings (SSSR count). The van der Waals surface area contributed by atoms with E-state index in [1.54, 1.807) is 0 Å². The Morgan fingerprint density at radius 2 is 1.72 bits per heavy atom. The molecule has 2 aromatic carbocycles. The van der Waals surface area contributed by atoms with E-state index in [0.29, 0.717) is 0 Å². The Kier molecular flexibility index (Phi) is 5.09. The van der Waals surface area contributed by atoms with Crippen LogP contribution in [0.1, 0.15) is 0 Å². The van der Waals surface area contributed by atoms with Gasteiger partial charge in [0.2, 0.25) is 0 Å². The van der Waals surface area contributed by atoms with Gasteiger partial charge in [0.05, 0.1) is 15.5 Å². The lowest BCUT2D eigenvalue weighted by Crippen LogP contribution is -2.17. The van der Waals surface area contributed by atoms with Crippen molar-refractivity contribution in [3.63, 3.8) is 0 Å². The van der Waals surface area contributed by atoms with Crippen LogP contribution in [0.25, 0.3) is 0 Å². The van der Waals surface area contributed by atoms with Crippen LogP contribution in [0.4, 0.5) is 24.5 Å². The van der Waals surface area contributed by atoms with Crippen molar-refractivity contribution >= 4 is 33.0 Å². The van der Waals surface area contributed by atoms with Crippen molar-refractivity contribution in [2.45, 2.75) is 11.3 Å². The molecule has 0 aliphatic heterocycles. The third-order valence-electron chi connectivity index (χ3n) is 2.76. The summed E-state index contributed by atoms with van der Waals surface area (Å²) in [5.41, 5.74) is -0.637. The second-order valence-corrected chi connectivity index (χ2v) is 6.64. The van der Waals surface area contributed by atoms with Crippen LogP contribution in [0, 0.1) is 10.1 Å². The van der Waals surface area contributed by atoms with E-state index in [-0.39, 0.29) is 15.6 Å². The molecule has 0 fully saturated rings. The molecule has 0 amide bonds. The number of nitrogens with zero attached hydrogens (tertiary/aromatic N) is 1. The molecule has 1 N–H and O–H groups in total. The molecule has 134 valence electrons. The molecule has 0 bridgehead atoms. The van der Waals surface area contributed by atoms with Crippen molar-refractivity contribution in [1.82, 2.24) is 0 Å². The average molecular weight is 397 g/mol. The van der Waals surface area contributed by atoms with Gasteiger partial charge in [-0.2, -0.15) is 0 Å². The lowest BCUT2D eigenvalue weighted by atomic mass is 10.3. The van der Waals surface area contributed by atoms with Gasteiger partial charge < -0.3 is 4.74 Å². The molecule has 25 heavy (non-hydrogen) atoms. The van der Waals surface area contributed by atoms with Gasteiger partial charge in [-0.3, -0.25) is 14.8 Å². The number of hydrogen-bond acceptors (Lipinski definition) is 5. The highest BCUT2D eigenvalue weighted by atomic mass is 35.5. The first-order chi connectivity index (χ1) is 11.5. The molecule has 0 aliphatic rings. The number of nitrogens with one attached hydrogen (secondary N) is 1. The molecule has 0 unspecified atom stereocenters. The molecule has 0 saturated heterocycles. The molecule has 0 radical (unpaired) electrons. The van der Waals surface area contributed by atoms with Gasteiger partial charge in [-0.05, 0) is 36.4 Å². The second-order valence-electron chi connectivity index (χ2n) is 4.55. The minimum Gasteiger partial charge on any atom is -0.406 e. The summed E-state index contributed by atoms with van der Waals surface area (Å²) < 4.78 is 66.3. The Morgan fingerprint density at radius 1 is 1.12 bits per heavy atom. The predicted molar refractivity (Wildman–Crippen MR) is 82.0 cm³/mol. The fourth-order valence-electron chi connectivity index (χ4n) is 1.75. The number of rotatable bonds is 5. The number of ether oxygens (including phenoxy) is 1. The van der Waals surface area contributed by atoms with Gasteiger partial charge in [-0.15, -0.1) is 13.2 Å². The van der Waals surface area contributed by atoms with Crippen molar-refractivity contribution in [3.05, 3.63) is 57.6 Å². The van der Waals surface area contributed by atoms with Gasteiger partial charge in [0.25, 0.3) is 15.7 Å². The third-order valence-corrected chi connectivity index (χ3v) is 4.48. The number of nitro benzene ring substituents is 1. The van der Waals surface area contributed by atoms with E-state index in [4.69, 9.17) is 11.6 Å². The quantitative estimate of drug-likeness (QED) is 0.609. The molecular formula is C13H8ClF3N2O5S. The minimum atomic E-state index is -4.90. The second kappa shape index (κ2) is 6.76. The van der Waals surface area contributed by atoms with E-state index in [2.05, 4.69) is 9.46 Å². The fraction of sp³-hybridized carbons (Fsp3) is 0.0769. The van der Waals surface area contributed by atoms with E-state index in [9.17, 15) is 31.7 Å². The summed E-state index contributed by atoms with van der Waals surface area (Å²) in [5.74, 6) is -0.589. The van der Waals surface area contributed by atoms with Crippen molar-refractivity contribution in [1.29, 1.82) is 0 Å². The Bertz CT molecular complexity index is 901. The van der Waals surface area contributed by atoms with Crippen LogP contribution in [-0.4, -0.2) is 19.7 Å². The largest absolute Gasteiger partial charge is 0.573 e. The molecular weight excluding hydrogens is 389 g/mol. The standard InChI is InChI=1S/C13H8ClF3N2O5S/c14-11-6-1-8(7-12(11)19(20)21)18-25(22,23)10-4-2-9(3-5-10)24-13(15,16)17/h1-7,18H. The van der Waals surface area contributed by atoms with Gasteiger partial charge in [-0.25, -0.2) is 8.42 Å². The number of anilines is 1. The van der Waals surface area contributed by atoms with Gasteiger partial charge in [0, 0.05) is 6.07 Å². The first-order valence-corrected chi connectivity index (χ1v) is 8.17. The molecule has 0 spiro atoms. The van der Waals surface area contributed by atoms with Gasteiger partial charge in [0.15, 0.2) is 0 Å². The molecule has 0 heterocycles. The van der Waals surface area contributed by atoms with Crippen LogP contribution in [0.15, 0.2) is 47.4 Å². The molecule has 0 atom stereocenters. The summed E-state index contributed by atoms with van der Waals surface area (Å²) in [5, 5.41) is 10.6. The predicted octanol–water partition coefficient (Wildman–Crippen LogP) is 3.95. The number of sulfonamides is 1. The average Bonchev–Trinajstić information content (AvgIpc) is 2.47. The summed E-state index contributed by atoms with van der Waals surface area (Å²) >= 11 is 5.62. The molecule has 0 saturated carbocycles. The van der Waals surface area contributed by atoms with Crippen LogP contribution in [0.3, 0.4) is 0 Å². The maximum absolute atomic E-state index is 12.2. The Morgan fingerprint density at radius 3 is 2.24 bits per heavy atom. The zero-order valence-electron chi connectivity index (χ0n) is 12.0. The van der Waals surface area contributed by atoms with Crippen molar-refractivity contribution in [2.24, 2.45) is 0 Å².